The van der Waals surface area contributed by atoms with Gasteiger partial charge in [-0.05, 0) is 62.1 Å². The molecule has 0 radical (unpaired) electrons. The second kappa shape index (κ2) is 22.2. The summed E-state index contributed by atoms with van der Waals surface area (Å²) in [5.41, 5.74) is 1.09. The smallest absolute Gasteiger partial charge is 0.251 e. The zero-order chi connectivity index (χ0) is 30.4. The van der Waals surface area contributed by atoms with Crippen LogP contribution >= 0.6 is 44.8 Å². The van der Waals surface area contributed by atoms with Crippen LogP contribution in [0.2, 0.25) is 10.0 Å². The number of carbonyl (C=O) groups is 4. The van der Waals surface area contributed by atoms with Gasteiger partial charge in [0.2, 0.25) is 11.8 Å². The number of unbranched alkanes of at least 4 members (excludes halogenated alkanes) is 4. The van der Waals surface area contributed by atoms with Gasteiger partial charge in [0.25, 0.3) is 11.8 Å². The van der Waals surface area contributed by atoms with Crippen molar-refractivity contribution in [3.05, 3.63) is 69.7 Å². The Hall–Kier alpha value is -2.40. The predicted octanol–water partition coefficient (Wildman–Crippen LogP) is 5.89. The first-order chi connectivity index (χ1) is 20.3. The highest BCUT2D eigenvalue weighted by atomic mass is 35.5. The third-order valence-electron chi connectivity index (χ3n) is 6.00. The molecule has 2 aromatic rings. The highest BCUT2D eigenvalue weighted by Crippen LogP contribution is 2.19. The van der Waals surface area contributed by atoms with E-state index in [2.05, 4.69) is 21.3 Å². The lowest BCUT2D eigenvalue weighted by atomic mass is 10.1. The maximum atomic E-state index is 12.1. The number of amides is 4. The summed E-state index contributed by atoms with van der Waals surface area (Å²) in [4.78, 5) is 48.1. The highest BCUT2D eigenvalue weighted by molar-refractivity contribution is 8.76. The summed E-state index contributed by atoms with van der Waals surface area (Å²) in [6.45, 7) is 2.35. The average molecular weight is 656 g/mol. The molecule has 2 aromatic carbocycles. The predicted molar refractivity (Wildman–Crippen MR) is 175 cm³/mol. The van der Waals surface area contributed by atoms with Crippen LogP contribution in [0.1, 0.15) is 72.1 Å². The standard InChI is InChI=1S/C30H40Cl2N4O4S2/c31-25-11-7-9-23(21-25)29(39)35-15-5-1-3-13-27(37)33-17-19-41-42-20-18-34-28(38)14-4-2-6-16-36-30(40)24-10-8-12-26(32)22-24/h7-12,21-22H,1-6,13-20H2,(H,33,37)(H,34,38)(H,35,39)(H,36,40). The minimum Gasteiger partial charge on any atom is -0.355 e. The highest BCUT2D eigenvalue weighted by Gasteiger charge is 2.07. The Morgan fingerprint density at radius 2 is 0.976 bits per heavy atom. The monoisotopic (exact) mass is 654 g/mol. The molecule has 0 bridgehead atoms. The maximum absolute atomic E-state index is 12.1. The third-order valence-corrected chi connectivity index (χ3v) is 8.88. The summed E-state index contributed by atoms with van der Waals surface area (Å²) in [6, 6.07) is 13.7. The number of hydrogen-bond donors (Lipinski definition) is 4. The van der Waals surface area contributed by atoms with Crippen molar-refractivity contribution in [2.24, 2.45) is 0 Å². The Bertz CT molecular complexity index is 1050. The SMILES string of the molecule is O=C(CCCCCNC(=O)c1cccc(Cl)c1)NCCSSCCNC(=O)CCCCCNC(=O)c1cccc(Cl)c1. The van der Waals surface area contributed by atoms with Crippen LogP contribution in [0.15, 0.2) is 48.5 Å². The van der Waals surface area contributed by atoms with Crippen LogP contribution in [0, 0.1) is 0 Å². The summed E-state index contributed by atoms with van der Waals surface area (Å²) in [6.07, 6.45) is 5.86. The van der Waals surface area contributed by atoms with Crippen LogP contribution in [-0.4, -0.2) is 61.3 Å². The lowest BCUT2D eigenvalue weighted by Gasteiger charge is -2.07. The molecule has 8 nitrogen and oxygen atoms in total. The van der Waals surface area contributed by atoms with Crippen LogP contribution in [0.25, 0.3) is 0 Å². The van der Waals surface area contributed by atoms with Crippen molar-refractivity contribution in [1.82, 2.24) is 21.3 Å². The molecule has 0 spiro atoms. The average Bonchev–Trinajstić information content (AvgIpc) is 2.97. The Morgan fingerprint density at radius 3 is 1.38 bits per heavy atom. The summed E-state index contributed by atoms with van der Waals surface area (Å²) in [5, 5.41) is 12.7. The van der Waals surface area contributed by atoms with Gasteiger partial charge in [-0.1, -0.05) is 69.8 Å². The van der Waals surface area contributed by atoms with Crippen LogP contribution in [0.3, 0.4) is 0 Å². The van der Waals surface area contributed by atoms with Crippen molar-refractivity contribution < 1.29 is 19.2 Å². The van der Waals surface area contributed by atoms with Crippen molar-refractivity contribution in [3.63, 3.8) is 0 Å². The zero-order valence-corrected chi connectivity index (χ0v) is 26.9. The molecule has 0 saturated carbocycles. The Morgan fingerprint density at radius 1 is 0.548 bits per heavy atom. The second-order valence-electron chi connectivity index (χ2n) is 9.50. The number of halogens is 2. The third kappa shape index (κ3) is 16.9. The van der Waals surface area contributed by atoms with E-state index < -0.39 is 0 Å². The summed E-state index contributed by atoms with van der Waals surface area (Å²) in [7, 11) is 3.34. The lowest BCUT2D eigenvalue weighted by Crippen LogP contribution is -2.26. The van der Waals surface area contributed by atoms with Crippen molar-refractivity contribution in [3.8, 4) is 0 Å². The molecule has 0 fully saturated rings. The quantitative estimate of drug-likeness (QED) is 0.0986. The van der Waals surface area contributed by atoms with Crippen LogP contribution < -0.4 is 21.3 Å². The second-order valence-corrected chi connectivity index (χ2v) is 13.1. The summed E-state index contributed by atoms with van der Waals surface area (Å²) >= 11 is 11.8. The fourth-order valence-electron chi connectivity index (χ4n) is 3.80. The van der Waals surface area contributed by atoms with E-state index in [1.54, 1.807) is 70.1 Å². The number of hydrogen-bond acceptors (Lipinski definition) is 6. The number of carbonyl (C=O) groups excluding carboxylic acids is 4. The zero-order valence-electron chi connectivity index (χ0n) is 23.7. The molecule has 0 unspecified atom stereocenters. The first-order valence-electron chi connectivity index (χ1n) is 14.2. The first kappa shape index (κ1) is 35.8. The molecule has 0 aliphatic rings. The molecular formula is C30H40Cl2N4O4S2. The molecule has 4 amide bonds. The van der Waals surface area contributed by atoms with Gasteiger partial charge in [0.15, 0.2) is 0 Å². The van der Waals surface area contributed by atoms with Gasteiger partial charge in [0.05, 0.1) is 0 Å². The minimum absolute atomic E-state index is 0.0410. The molecule has 0 aliphatic carbocycles. The molecular weight excluding hydrogens is 615 g/mol. The van der Waals surface area contributed by atoms with Gasteiger partial charge in [-0.2, -0.15) is 0 Å². The molecule has 0 saturated heterocycles. The van der Waals surface area contributed by atoms with E-state index in [-0.39, 0.29) is 23.6 Å². The summed E-state index contributed by atoms with van der Waals surface area (Å²) < 4.78 is 0. The molecule has 0 aliphatic heterocycles. The molecule has 0 heterocycles. The van der Waals surface area contributed by atoms with Crippen molar-refractivity contribution in [2.75, 3.05) is 37.7 Å². The Balaban J connectivity index is 1.32. The van der Waals surface area contributed by atoms with E-state index >= 15 is 0 Å². The molecule has 2 rings (SSSR count). The van der Waals surface area contributed by atoms with Gasteiger partial charge in [-0.3, -0.25) is 19.2 Å². The van der Waals surface area contributed by atoms with E-state index in [9.17, 15) is 19.2 Å². The van der Waals surface area contributed by atoms with Gasteiger partial charge in [-0.25, -0.2) is 0 Å². The topological polar surface area (TPSA) is 116 Å². The van der Waals surface area contributed by atoms with E-state index in [0.717, 1.165) is 50.0 Å². The van der Waals surface area contributed by atoms with Gasteiger partial charge in [0, 0.05) is 71.7 Å². The largest absolute Gasteiger partial charge is 0.355 e. The van der Waals surface area contributed by atoms with Crippen LogP contribution in [-0.2, 0) is 9.59 Å². The van der Waals surface area contributed by atoms with Crippen LogP contribution in [0.4, 0.5) is 0 Å². The maximum Gasteiger partial charge on any atom is 0.251 e. The molecule has 42 heavy (non-hydrogen) atoms. The van der Waals surface area contributed by atoms with Crippen molar-refractivity contribution in [2.45, 2.75) is 51.4 Å². The van der Waals surface area contributed by atoms with Gasteiger partial charge < -0.3 is 21.3 Å². The normalized spacial score (nSPS) is 10.6. The molecule has 230 valence electrons. The van der Waals surface area contributed by atoms with Gasteiger partial charge in [-0.15, -0.1) is 0 Å². The van der Waals surface area contributed by atoms with E-state index in [0.29, 0.717) is 60.2 Å². The number of rotatable bonds is 21. The number of nitrogens with one attached hydrogen (secondary N) is 4. The molecule has 0 atom stereocenters. The van der Waals surface area contributed by atoms with E-state index in [4.69, 9.17) is 23.2 Å². The fourth-order valence-corrected chi connectivity index (χ4v) is 6.00. The number of benzene rings is 2. The minimum atomic E-state index is -0.144. The van der Waals surface area contributed by atoms with Gasteiger partial charge in [0.1, 0.15) is 0 Å². The van der Waals surface area contributed by atoms with E-state index in [1.165, 1.54) is 0 Å². The van der Waals surface area contributed by atoms with Crippen molar-refractivity contribution >= 4 is 68.4 Å². The van der Waals surface area contributed by atoms with Gasteiger partial charge >= 0.3 is 0 Å². The van der Waals surface area contributed by atoms with Crippen molar-refractivity contribution in [1.29, 1.82) is 0 Å². The van der Waals surface area contributed by atoms with E-state index in [1.807, 2.05) is 0 Å². The molecule has 12 heteroatoms. The Kier molecular flexibility index (Phi) is 18.9. The Labute approximate surface area is 266 Å². The lowest BCUT2D eigenvalue weighted by molar-refractivity contribution is -0.121. The first-order valence-corrected chi connectivity index (χ1v) is 17.4. The molecule has 0 aromatic heterocycles. The van der Waals surface area contributed by atoms with Crippen LogP contribution in [0.5, 0.6) is 0 Å². The summed E-state index contributed by atoms with van der Waals surface area (Å²) in [5.74, 6) is 1.39. The fraction of sp³-hybridized carbons (Fsp3) is 0.467. The molecule has 4 N–H and O–H groups in total.